The fourth-order valence-corrected chi connectivity index (χ4v) is 1.83. The van der Waals surface area contributed by atoms with Crippen molar-refractivity contribution in [2.24, 2.45) is 0 Å². The Kier molecular flexibility index (Phi) is 6.32. The fraction of sp³-hybridized carbons (Fsp3) is 0.429. The van der Waals surface area contributed by atoms with Crippen LogP contribution in [0.25, 0.3) is 0 Å². The lowest BCUT2D eigenvalue weighted by Crippen LogP contribution is -2.41. The minimum Gasteiger partial charge on any atom is -0.480 e. The monoisotopic (exact) mass is 294 g/mol. The number of carboxylic acids is 1. The van der Waals surface area contributed by atoms with Gasteiger partial charge in [0.15, 0.2) is 0 Å². The second-order valence-electron chi connectivity index (χ2n) is 4.70. The zero-order chi connectivity index (χ0) is 15.8. The van der Waals surface area contributed by atoms with Crippen LogP contribution in [0, 0.1) is 10.1 Å². The fourth-order valence-electron chi connectivity index (χ4n) is 1.83. The zero-order valence-electron chi connectivity index (χ0n) is 11.7. The molecule has 2 N–H and O–H groups in total. The van der Waals surface area contributed by atoms with Crippen molar-refractivity contribution in [1.82, 2.24) is 5.32 Å². The van der Waals surface area contributed by atoms with Gasteiger partial charge in [-0.05, 0) is 12.0 Å². The first-order valence-corrected chi connectivity index (χ1v) is 6.69. The number of nitro groups is 1. The highest BCUT2D eigenvalue weighted by atomic mass is 16.6. The topological polar surface area (TPSA) is 110 Å². The highest BCUT2D eigenvalue weighted by molar-refractivity contribution is 5.84. The molecule has 0 spiro atoms. The Labute approximate surface area is 122 Å². The van der Waals surface area contributed by atoms with Crippen LogP contribution in [0.15, 0.2) is 24.3 Å². The number of benzene rings is 1. The van der Waals surface area contributed by atoms with Crippen LogP contribution < -0.4 is 5.32 Å². The second-order valence-corrected chi connectivity index (χ2v) is 4.70. The van der Waals surface area contributed by atoms with Gasteiger partial charge >= 0.3 is 5.97 Å². The SMILES string of the molecule is CCCC[C@H](NC(=O)Cc1ccc([N+](=O)[O-])cc1)C(=O)O. The van der Waals surface area contributed by atoms with E-state index in [2.05, 4.69) is 5.32 Å². The number of unbranched alkanes of at least 4 members (excludes halogenated alkanes) is 1. The highest BCUT2D eigenvalue weighted by Gasteiger charge is 2.19. The summed E-state index contributed by atoms with van der Waals surface area (Å²) in [7, 11) is 0. The summed E-state index contributed by atoms with van der Waals surface area (Å²) in [6.07, 6.45) is 1.95. The Morgan fingerprint density at radius 1 is 1.33 bits per heavy atom. The van der Waals surface area contributed by atoms with Crippen molar-refractivity contribution < 1.29 is 19.6 Å². The molecule has 0 unspecified atom stereocenters. The molecule has 0 aliphatic rings. The Balaban J connectivity index is 2.59. The quantitative estimate of drug-likeness (QED) is 0.562. The maximum absolute atomic E-state index is 11.8. The van der Waals surface area contributed by atoms with E-state index in [1.54, 1.807) is 0 Å². The third-order valence-electron chi connectivity index (χ3n) is 2.99. The minimum atomic E-state index is -1.06. The second kappa shape index (κ2) is 7.98. The smallest absolute Gasteiger partial charge is 0.326 e. The summed E-state index contributed by atoms with van der Waals surface area (Å²) in [5, 5.41) is 22.0. The first-order valence-electron chi connectivity index (χ1n) is 6.69. The summed E-state index contributed by atoms with van der Waals surface area (Å²) < 4.78 is 0. The lowest BCUT2D eigenvalue weighted by molar-refractivity contribution is -0.384. The van der Waals surface area contributed by atoms with E-state index in [0.717, 1.165) is 12.8 Å². The van der Waals surface area contributed by atoms with Crippen LogP contribution in [0.4, 0.5) is 5.69 Å². The molecule has 1 rings (SSSR count). The Bertz CT molecular complexity index is 513. The number of carbonyl (C=O) groups excluding carboxylic acids is 1. The number of nitro benzene ring substituents is 1. The number of amides is 1. The number of nitrogens with zero attached hydrogens (tertiary/aromatic N) is 1. The summed E-state index contributed by atoms with van der Waals surface area (Å²) in [5.74, 6) is -1.46. The number of nitrogens with one attached hydrogen (secondary N) is 1. The normalized spacial score (nSPS) is 11.7. The van der Waals surface area contributed by atoms with Gasteiger partial charge in [0.25, 0.3) is 5.69 Å². The summed E-state index contributed by atoms with van der Waals surface area (Å²) in [4.78, 5) is 32.8. The van der Waals surface area contributed by atoms with Gasteiger partial charge in [0.05, 0.1) is 11.3 Å². The van der Waals surface area contributed by atoms with Crippen molar-refractivity contribution in [2.75, 3.05) is 0 Å². The first kappa shape index (κ1) is 16.6. The Morgan fingerprint density at radius 2 is 1.95 bits per heavy atom. The molecule has 1 amide bonds. The van der Waals surface area contributed by atoms with E-state index in [1.165, 1.54) is 24.3 Å². The van der Waals surface area contributed by atoms with Crippen LogP contribution in [0.3, 0.4) is 0 Å². The predicted molar refractivity (Wildman–Crippen MR) is 75.9 cm³/mol. The average Bonchev–Trinajstić information content (AvgIpc) is 2.43. The number of hydrogen-bond donors (Lipinski definition) is 2. The van der Waals surface area contributed by atoms with Crippen LogP contribution in [0.1, 0.15) is 31.7 Å². The van der Waals surface area contributed by atoms with Gasteiger partial charge in [-0.1, -0.05) is 31.9 Å². The van der Waals surface area contributed by atoms with E-state index >= 15 is 0 Å². The minimum absolute atomic E-state index is 0.00605. The Morgan fingerprint density at radius 3 is 2.43 bits per heavy atom. The third kappa shape index (κ3) is 5.60. The molecule has 1 aromatic carbocycles. The van der Waals surface area contributed by atoms with Gasteiger partial charge in [-0.25, -0.2) is 4.79 Å². The van der Waals surface area contributed by atoms with Gasteiger partial charge < -0.3 is 10.4 Å². The zero-order valence-corrected chi connectivity index (χ0v) is 11.7. The van der Waals surface area contributed by atoms with Gasteiger partial charge in [-0.2, -0.15) is 0 Å². The van der Waals surface area contributed by atoms with Crippen molar-refractivity contribution in [3.05, 3.63) is 39.9 Å². The standard InChI is InChI=1S/C14H18N2O5/c1-2-3-4-12(14(18)19)15-13(17)9-10-5-7-11(8-6-10)16(20)21/h5-8,12H,2-4,9H2,1H3,(H,15,17)(H,18,19)/t12-/m0/s1. The van der Waals surface area contributed by atoms with E-state index in [9.17, 15) is 19.7 Å². The lowest BCUT2D eigenvalue weighted by atomic mass is 10.1. The maximum atomic E-state index is 11.8. The van der Waals surface area contributed by atoms with Gasteiger partial charge in [-0.3, -0.25) is 14.9 Å². The summed E-state index contributed by atoms with van der Waals surface area (Å²) in [6.45, 7) is 1.94. The van der Waals surface area contributed by atoms with E-state index in [0.29, 0.717) is 12.0 Å². The van der Waals surface area contributed by atoms with Gasteiger partial charge in [-0.15, -0.1) is 0 Å². The predicted octanol–water partition coefficient (Wildman–Crippen LogP) is 1.90. The molecule has 0 aromatic heterocycles. The number of carbonyl (C=O) groups is 2. The van der Waals surface area contributed by atoms with E-state index in [-0.39, 0.29) is 12.1 Å². The molecule has 0 fully saturated rings. The number of non-ortho nitro benzene ring substituents is 1. The molecule has 1 aromatic rings. The first-order chi connectivity index (χ1) is 9.93. The van der Waals surface area contributed by atoms with Crippen molar-refractivity contribution in [3.8, 4) is 0 Å². The van der Waals surface area contributed by atoms with Crippen molar-refractivity contribution in [1.29, 1.82) is 0 Å². The van der Waals surface area contributed by atoms with E-state index < -0.39 is 22.8 Å². The molecule has 0 bridgehead atoms. The average molecular weight is 294 g/mol. The van der Waals surface area contributed by atoms with Gasteiger partial charge in [0, 0.05) is 12.1 Å². The number of aliphatic carboxylic acids is 1. The highest BCUT2D eigenvalue weighted by Crippen LogP contribution is 2.12. The molecule has 0 aliphatic carbocycles. The maximum Gasteiger partial charge on any atom is 0.326 e. The summed E-state index contributed by atoms with van der Waals surface area (Å²) in [5.41, 5.74) is 0.545. The third-order valence-corrected chi connectivity index (χ3v) is 2.99. The molecular formula is C14H18N2O5. The van der Waals surface area contributed by atoms with Crippen molar-refractivity contribution >= 4 is 17.6 Å². The van der Waals surface area contributed by atoms with Gasteiger partial charge in [0.1, 0.15) is 6.04 Å². The van der Waals surface area contributed by atoms with Crippen LogP contribution in [-0.2, 0) is 16.0 Å². The van der Waals surface area contributed by atoms with E-state index in [1.807, 2.05) is 6.92 Å². The number of carboxylic acid groups (broad SMARTS) is 1. The molecule has 21 heavy (non-hydrogen) atoms. The molecule has 1 atom stereocenters. The molecule has 7 nitrogen and oxygen atoms in total. The van der Waals surface area contributed by atoms with Crippen LogP contribution in [-0.4, -0.2) is 27.9 Å². The number of rotatable bonds is 8. The molecule has 0 saturated heterocycles. The molecule has 0 aliphatic heterocycles. The number of hydrogen-bond acceptors (Lipinski definition) is 4. The summed E-state index contributed by atoms with van der Waals surface area (Å²) >= 11 is 0. The summed E-state index contributed by atoms with van der Waals surface area (Å²) in [6, 6.07) is 4.71. The van der Waals surface area contributed by atoms with Crippen LogP contribution in [0.5, 0.6) is 0 Å². The largest absolute Gasteiger partial charge is 0.480 e. The molecular weight excluding hydrogens is 276 g/mol. The lowest BCUT2D eigenvalue weighted by Gasteiger charge is -2.14. The van der Waals surface area contributed by atoms with Crippen LogP contribution >= 0.6 is 0 Å². The molecule has 7 heteroatoms. The van der Waals surface area contributed by atoms with E-state index in [4.69, 9.17) is 5.11 Å². The molecule has 0 heterocycles. The van der Waals surface area contributed by atoms with Crippen molar-refractivity contribution in [3.63, 3.8) is 0 Å². The van der Waals surface area contributed by atoms with Crippen molar-refractivity contribution in [2.45, 2.75) is 38.6 Å². The molecule has 0 radical (unpaired) electrons. The molecule has 114 valence electrons. The Hall–Kier alpha value is -2.44. The van der Waals surface area contributed by atoms with Gasteiger partial charge in [0.2, 0.25) is 5.91 Å². The van der Waals surface area contributed by atoms with Crippen LogP contribution in [0.2, 0.25) is 0 Å². The molecule has 0 saturated carbocycles.